The van der Waals surface area contributed by atoms with Crippen LogP contribution in [-0.4, -0.2) is 44.2 Å². The van der Waals surface area contributed by atoms with E-state index in [1.807, 2.05) is 31.2 Å². The Morgan fingerprint density at radius 3 is 2.42 bits per heavy atom. The number of hydrogen-bond acceptors (Lipinski definition) is 4. The molecule has 106 valence electrons. The normalized spacial score (nSPS) is 11.8. The Balaban J connectivity index is 2.35. The van der Waals surface area contributed by atoms with Crippen molar-refractivity contribution in [3.05, 3.63) is 24.3 Å². The lowest BCUT2D eigenvalue weighted by atomic mass is 10.2. The van der Waals surface area contributed by atoms with Crippen molar-refractivity contribution in [2.75, 3.05) is 27.3 Å². The summed E-state index contributed by atoms with van der Waals surface area (Å²) >= 11 is 0. The number of methoxy groups -OCH3 is 1. The number of ether oxygens (including phenoxy) is 2. The molecule has 0 aliphatic heterocycles. The summed E-state index contributed by atoms with van der Waals surface area (Å²) in [6.07, 6.45) is 0.641. The van der Waals surface area contributed by atoms with Crippen LogP contribution < -0.4 is 15.2 Å². The first-order chi connectivity index (χ1) is 9.08. The second-order valence-electron chi connectivity index (χ2n) is 4.30. The molecule has 0 heterocycles. The van der Waals surface area contributed by atoms with Crippen LogP contribution >= 0.6 is 0 Å². The van der Waals surface area contributed by atoms with Gasteiger partial charge in [-0.3, -0.25) is 4.79 Å². The average Bonchev–Trinajstić information content (AvgIpc) is 2.46. The molecule has 0 unspecified atom stereocenters. The quantitative estimate of drug-likeness (QED) is 0.807. The third-order valence-electron chi connectivity index (χ3n) is 2.89. The second kappa shape index (κ2) is 7.63. The van der Waals surface area contributed by atoms with Gasteiger partial charge in [0.2, 0.25) is 5.91 Å². The monoisotopic (exact) mass is 266 g/mol. The Labute approximate surface area is 114 Å². The third kappa shape index (κ3) is 4.79. The number of carbonyl (C=O) groups excluding carboxylic acids is 1. The van der Waals surface area contributed by atoms with Crippen LogP contribution in [-0.2, 0) is 4.79 Å². The minimum Gasteiger partial charge on any atom is -0.497 e. The molecule has 0 bridgehead atoms. The summed E-state index contributed by atoms with van der Waals surface area (Å²) in [5.41, 5.74) is 5.69. The number of likely N-dealkylation sites (N-methyl/N-ethyl adjacent to an activating group) is 1. The van der Waals surface area contributed by atoms with Crippen LogP contribution in [0.2, 0.25) is 0 Å². The Bertz CT molecular complexity index is 392. The number of nitrogens with zero attached hydrogens (tertiary/aromatic N) is 1. The average molecular weight is 266 g/mol. The maximum atomic E-state index is 11.7. The SMILES string of the molecule is CC[C@H](N)C(=O)N(C)CCOc1ccc(OC)cc1. The highest BCUT2D eigenvalue weighted by molar-refractivity contribution is 5.81. The Morgan fingerprint density at radius 1 is 1.32 bits per heavy atom. The summed E-state index contributed by atoms with van der Waals surface area (Å²) in [7, 11) is 3.35. The molecule has 2 N–H and O–H groups in total. The van der Waals surface area contributed by atoms with Crippen molar-refractivity contribution in [3.63, 3.8) is 0 Å². The number of benzene rings is 1. The number of amides is 1. The van der Waals surface area contributed by atoms with E-state index in [-0.39, 0.29) is 5.91 Å². The summed E-state index contributed by atoms with van der Waals surface area (Å²) in [4.78, 5) is 13.3. The molecule has 5 heteroatoms. The minimum atomic E-state index is -0.425. The summed E-state index contributed by atoms with van der Waals surface area (Å²) in [6, 6.07) is 6.90. The highest BCUT2D eigenvalue weighted by Gasteiger charge is 2.15. The Kier molecular flexibility index (Phi) is 6.15. The molecule has 1 rings (SSSR count). The second-order valence-corrected chi connectivity index (χ2v) is 4.30. The molecule has 1 aromatic carbocycles. The molecule has 0 spiro atoms. The van der Waals surface area contributed by atoms with Gasteiger partial charge < -0.3 is 20.1 Å². The van der Waals surface area contributed by atoms with Gasteiger partial charge in [-0.15, -0.1) is 0 Å². The summed E-state index contributed by atoms with van der Waals surface area (Å²) in [6.45, 7) is 2.84. The lowest BCUT2D eigenvalue weighted by Crippen LogP contribution is -2.42. The van der Waals surface area contributed by atoms with Gasteiger partial charge >= 0.3 is 0 Å². The van der Waals surface area contributed by atoms with E-state index in [1.165, 1.54) is 0 Å². The molecule has 0 aromatic heterocycles. The van der Waals surface area contributed by atoms with E-state index < -0.39 is 6.04 Å². The van der Waals surface area contributed by atoms with Crippen LogP contribution in [0, 0.1) is 0 Å². The van der Waals surface area contributed by atoms with E-state index >= 15 is 0 Å². The van der Waals surface area contributed by atoms with Gasteiger partial charge in [-0.2, -0.15) is 0 Å². The fourth-order valence-electron chi connectivity index (χ4n) is 1.54. The molecule has 1 amide bonds. The molecule has 0 fully saturated rings. The zero-order valence-electron chi connectivity index (χ0n) is 11.8. The van der Waals surface area contributed by atoms with Crippen LogP contribution in [0.25, 0.3) is 0 Å². The van der Waals surface area contributed by atoms with Crippen molar-refractivity contribution in [3.8, 4) is 11.5 Å². The summed E-state index contributed by atoms with van der Waals surface area (Å²) in [5.74, 6) is 1.48. The van der Waals surface area contributed by atoms with E-state index in [4.69, 9.17) is 15.2 Å². The van der Waals surface area contributed by atoms with Crippen molar-refractivity contribution in [1.29, 1.82) is 0 Å². The molecular formula is C14H22N2O3. The smallest absolute Gasteiger partial charge is 0.239 e. The summed E-state index contributed by atoms with van der Waals surface area (Å²) < 4.78 is 10.6. The first kappa shape index (κ1) is 15.3. The van der Waals surface area contributed by atoms with Crippen molar-refractivity contribution in [2.45, 2.75) is 19.4 Å². The fourth-order valence-corrected chi connectivity index (χ4v) is 1.54. The molecule has 0 aliphatic rings. The van der Waals surface area contributed by atoms with E-state index in [9.17, 15) is 4.79 Å². The van der Waals surface area contributed by atoms with E-state index in [2.05, 4.69) is 0 Å². The predicted octanol–water partition coefficient (Wildman–Crippen LogP) is 1.27. The fraction of sp³-hybridized carbons (Fsp3) is 0.500. The zero-order valence-corrected chi connectivity index (χ0v) is 11.8. The van der Waals surface area contributed by atoms with E-state index in [1.54, 1.807) is 19.1 Å². The largest absolute Gasteiger partial charge is 0.497 e. The highest BCUT2D eigenvalue weighted by atomic mass is 16.5. The molecule has 19 heavy (non-hydrogen) atoms. The third-order valence-corrected chi connectivity index (χ3v) is 2.89. The number of nitrogens with two attached hydrogens (primary N) is 1. The molecule has 0 saturated heterocycles. The predicted molar refractivity (Wildman–Crippen MR) is 74.4 cm³/mol. The van der Waals surface area contributed by atoms with E-state index in [0.717, 1.165) is 11.5 Å². The number of carbonyl (C=O) groups is 1. The lowest BCUT2D eigenvalue weighted by Gasteiger charge is -2.20. The van der Waals surface area contributed by atoms with Crippen LogP contribution in [0.5, 0.6) is 11.5 Å². The molecule has 5 nitrogen and oxygen atoms in total. The number of hydrogen-bond donors (Lipinski definition) is 1. The molecular weight excluding hydrogens is 244 g/mol. The first-order valence-electron chi connectivity index (χ1n) is 6.36. The molecule has 1 atom stereocenters. The maximum absolute atomic E-state index is 11.7. The Morgan fingerprint density at radius 2 is 1.89 bits per heavy atom. The molecule has 0 aliphatic carbocycles. The van der Waals surface area contributed by atoms with E-state index in [0.29, 0.717) is 19.6 Å². The van der Waals surface area contributed by atoms with Crippen LogP contribution in [0.4, 0.5) is 0 Å². The van der Waals surface area contributed by atoms with Gasteiger partial charge in [0.15, 0.2) is 0 Å². The topological polar surface area (TPSA) is 64.8 Å². The van der Waals surface area contributed by atoms with Gasteiger partial charge in [0.1, 0.15) is 18.1 Å². The lowest BCUT2D eigenvalue weighted by molar-refractivity contribution is -0.131. The minimum absolute atomic E-state index is 0.0548. The van der Waals surface area contributed by atoms with Crippen molar-refractivity contribution < 1.29 is 14.3 Å². The van der Waals surface area contributed by atoms with Gasteiger partial charge in [-0.1, -0.05) is 6.92 Å². The van der Waals surface area contributed by atoms with Crippen molar-refractivity contribution in [1.82, 2.24) is 4.90 Å². The molecule has 1 aromatic rings. The van der Waals surface area contributed by atoms with Crippen LogP contribution in [0.1, 0.15) is 13.3 Å². The van der Waals surface area contributed by atoms with Gasteiger partial charge in [0, 0.05) is 7.05 Å². The highest BCUT2D eigenvalue weighted by Crippen LogP contribution is 2.16. The van der Waals surface area contributed by atoms with Gasteiger partial charge in [0.05, 0.1) is 19.7 Å². The van der Waals surface area contributed by atoms with Crippen molar-refractivity contribution >= 4 is 5.91 Å². The van der Waals surface area contributed by atoms with Crippen molar-refractivity contribution in [2.24, 2.45) is 5.73 Å². The molecule has 0 radical (unpaired) electrons. The molecule has 0 saturated carbocycles. The van der Waals surface area contributed by atoms with Crippen LogP contribution in [0.15, 0.2) is 24.3 Å². The maximum Gasteiger partial charge on any atom is 0.239 e. The first-order valence-corrected chi connectivity index (χ1v) is 6.36. The van der Waals surface area contributed by atoms with Crippen LogP contribution in [0.3, 0.4) is 0 Å². The number of rotatable bonds is 7. The summed E-state index contributed by atoms with van der Waals surface area (Å²) in [5, 5.41) is 0. The van der Waals surface area contributed by atoms with Gasteiger partial charge in [0.25, 0.3) is 0 Å². The Hall–Kier alpha value is -1.75. The standard InChI is InChI=1S/C14H22N2O3/c1-4-13(15)14(17)16(2)9-10-19-12-7-5-11(18-3)6-8-12/h5-8,13H,4,9-10,15H2,1-3H3/t13-/m0/s1. The zero-order chi connectivity index (χ0) is 14.3. The van der Waals surface area contributed by atoms with Gasteiger partial charge in [-0.05, 0) is 30.7 Å². The van der Waals surface area contributed by atoms with Gasteiger partial charge in [-0.25, -0.2) is 0 Å².